The van der Waals surface area contributed by atoms with Crippen LogP contribution < -0.4 is 0 Å². The Labute approximate surface area is 387 Å². The van der Waals surface area contributed by atoms with Crippen molar-refractivity contribution in [1.29, 1.82) is 0 Å². The molecule has 0 radical (unpaired) electrons. The van der Waals surface area contributed by atoms with Crippen molar-refractivity contribution in [1.82, 2.24) is 0 Å². The summed E-state index contributed by atoms with van der Waals surface area (Å²) >= 11 is 0. The standard InChI is InChI=1S/C48H78O18/c1-22-30(52)32(54)35(57)40(62-22)66-38-23(18-49)63-39(37(59)34(38)56)60-19-24-31(53)33(55)36(58)41(64-24)65-29-10-11-43(4)25(44(29,5)20-50)8-12-45(6)26(43)9-13-48-27-16-42(2,3)14-15-47(27,21-61-48)28(51)17-46(45,48)7/h9,13,22-41,49-59H,8,10-12,14-21H2,1-7H3/t22-,23+,24+,25?,26?,27?,28-,29-,30-,31+,32+,33-,34+,35+,36+,37+,38+,39+,40?,41-,43?,44-,45?,46?,47?,48?/m0/s1. The van der Waals surface area contributed by atoms with Crippen LogP contribution in [0.15, 0.2) is 12.2 Å². The summed E-state index contributed by atoms with van der Waals surface area (Å²) in [6.07, 6.45) is -13.1. The molecule has 4 saturated carbocycles. The van der Waals surface area contributed by atoms with Gasteiger partial charge in [-0.25, -0.2) is 0 Å². The molecule has 4 saturated heterocycles. The fourth-order valence-electron chi connectivity index (χ4n) is 15.7. The molecular formula is C48H78O18. The van der Waals surface area contributed by atoms with Crippen LogP contribution in [0.25, 0.3) is 0 Å². The zero-order valence-electron chi connectivity index (χ0n) is 39.5. The summed E-state index contributed by atoms with van der Waals surface area (Å²) in [5, 5.41) is 120. The van der Waals surface area contributed by atoms with Gasteiger partial charge in [0.1, 0.15) is 67.1 Å². The fraction of sp³-hybridized carbons (Fsp3) is 0.958. The van der Waals surface area contributed by atoms with E-state index in [1.807, 2.05) is 6.92 Å². The Morgan fingerprint density at radius 3 is 1.97 bits per heavy atom. The molecule has 18 nitrogen and oxygen atoms in total. The van der Waals surface area contributed by atoms with E-state index < -0.39 is 129 Å². The fourth-order valence-corrected chi connectivity index (χ4v) is 15.7. The normalized spacial score (nSPS) is 58.8. The lowest BCUT2D eigenvalue weighted by atomic mass is 9.32. The van der Waals surface area contributed by atoms with Crippen molar-refractivity contribution in [3.05, 3.63) is 12.2 Å². The highest BCUT2D eigenvalue weighted by Gasteiger charge is 2.79. The zero-order valence-corrected chi connectivity index (χ0v) is 39.5. The van der Waals surface area contributed by atoms with E-state index in [0.29, 0.717) is 19.4 Å². The van der Waals surface area contributed by atoms with Gasteiger partial charge in [-0.1, -0.05) is 53.7 Å². The number of allylic oxidation sites excluding steroid dienone is 1. The van der Waals surface area contributed by atoms with Crippen molar-refractivity contribution in [2.45, 2.75) is 210 Å². The highest BCUT2D eigenvalue weighted by atomic mass is 16.8. The van der Waals surface area contributed by atoms with Crippen molar-refractivity contribution in [3.8, 4) is 0 Å². The first-order valence-corrected chi connectivity index (χ1v) is 24.5. The van der Waals surface area contributed by atoms with E-state index in [1.165, 1.54) is 6.92 Å². The van der Waals surface area contributed by atoms with Crippen LogP contribution in [0.5, 0.6) is 0 Å². The highest BCUT2D eigenvalue weighted by Crippen LogP contribution is 2.79. The molecule has 0 aromatic rings. The first-order chi connectivity index (χ1) is 30.9. The van der Waals surface area contributed by atoms with Crippen molar-refractivity contribution in [2.24, 2.45) is 50.2 Å². The molecule has 66 heavy (non-hydrogen) atoms. The van der Waals surface area contributed by atoms with Gasteiger partial charge in [-0.15, -0.1) is 0 Å². The van der Waals surface area contributed by atoms with Crippen LogP contribution in [-0.4, -0.2) is 193 Å². The van der Waals surface area contributed by atoms with E-state index in [1.54, 1.807) is 0 Å². The lowest BCUT2D eigenvalue weighted by molar-refractivity contribution is -0.365. The summed E-state index contributed by atoms with van der Waals surface area (Å²) in [5.41, 5.74) is -2.27. The Morgan fingerprint density at radius 2 is 1.29 bits per heavy atom. The number of aliphatic hydroxyl groups is 11. The number of rotatable bonds is 9. The molecule has 0 aromatic heterocycles. The molecule has 9 rings (SSSR count). The van der Waals surface area contributed by atoms with Crippen LogP contribution in [0.1, 0.15) is 99.8 Å². The predicted molar refractivity (Wildman–Crippen MR) is 229 cm³/mol. The van der Waals surface area contributed by atoms with Gasteiger partial charge < -0.3 is 89.3 Å². The molecule has 9 aliphatic rings. The highest BCUT2D eigenvalue weighted by molar-refractivity contribution is 5.36. The second-order valence-electron chi connectivity index (χ2n) is 23.8. The Kier molecular flexibility index (Phi) is 12.9. The molecule has 11 N–H and O–H groups in total. The van der Waals surface area contributed by atoms with Crippen LogP contribution in [0, 0.1) is 50.2 Å². The molecule has 4 heterocycles. The van der Waals surface area contributed by atoms with Crippen LogP contribution in [-0.2, 0) is 33.2 Å². The van der Waals surface area contributed by atoms with Crippen molar-refractivity contribution in [3.63, 3.8) is 0 Å². The minimum Gasteiger partial charge on any atom is -0.396 e. The van der Waals surface area contributed by atoms with Gasteiger partial charge in [-0.2, -0.15) is 0 Å². The topological polar surface area (TPSA) is 287 Å². The molecule has 18 heteroatoms. The molecule has 26 atom stereocenters. The van der Waals surface area contributed by atoms with Crippen LogP contribution >= 0.6 is 0 Å². The number of hydrogen-bond acceptors (Lipinski definition) is 18. The molecule has 5 aliphatic carbocycles. The van der Waals surface area contributed by atoms with Crippen molar-refractivity contribution < 1.29 is 89.3 Å². The van der Waals surface area contributed by atoms with E-state index in [4.69, 9.17) is 33.2 Å². The second-order valence-corrected chi connectivity index (χ2v) is 23.8. The minimum absolute atomic E-state index is 0.0353. The van der Waals surface area contributed by atoms with Gasteiger partial charge in [-0.3, -0.25) is 0 Å². The third-order valence-corrected chi connectivity index (χ3v) is 20.0. The summed E-state index contributed by atoms with van der Waals surface area (Å²) in [6, 6.07) is 0. The quantitative estimate of drug-likeness (QED) is 0.104. The van der Waals surface area contributed by atoms with Crippen LogP contribution in [0.4, 0.5) is 0 Å². The lowest BCUT2D eigenvalue weighted by Crippen LogP contribution is -2.72. The molecule has 9 unspecified atom stereocenters. The van der Waals surface area contributed by atoms with E-state index in [-0.39, 0.29) is 51.4 Å². The number of aliphatic hydroxyl groups excluding tert-OH is 11. The Morgan fingerprint density at radius 1 is 0.636 bits per heavy atom. The maximum Gasteiger partial charge on any atom is 0.187 e. The van der Waals surface area contributed by atoms with Crippen LogP contribution in [0.2, 0.25) is 0 Å². The van der Waals surface area contributed by atoms with Crippen LogP contribution in [0.3, 0.4) is 0 Å². The molecule has 0 aromatic carbocycles. The van der Waals surface area contributed by atoms with E-state index in [2.05, 4.69) is 46.8 Å². The van der Waals surface area contributed by atoms with Crippen molar-refractivity contribution in [2.75, 3.05) is 26.4 Å². The van der Waals surface area contributed by atoms with E-state index in [0.717, 1.165) is 38.5 Å². The summed E-state index contributed by atoms with van der Waals surface area (Å²) in [4.78, 5) is 0. The average molecular weight is 943 g/mol. The molecule has 378 valence electrons. The van der Waals surface area contributed by atoms with Gasteiger partial charge in [0.05, 0.1) is 50.3 Å². The Hall–Kier alpha value is -0.980. The SMILES string of the molecule is C[C@@H]1OC(O[C@H]2[C@H](O)[C@@H](O)[C@H](OC[C@H]3O[C@@H](O[C@H]4CCC5(C)C6C=CC78OCC9(CCC(C)(C)CC97)[C@@H](O)CC8(C)C6(C)CCC5[C@]4(C)CO)[C@H](O)[C@@H](O)[C@@H]3O)O[C@@H]2CO)[C@H](O)[C@H](O)[C@H]1O. The maximum atomic E-state index is 12.2. The smallest absolute Gasteiger partial charge is 0.187 e. The summed E-state index contributed by atoms with van der Waals surface area (Å²) in [5.74, 6) is 0.278. The first kappa shape index (κ1) is 50.0. The Bertz CT molecular complexity index is 1800. The van der Waals surface area contributed by atoms with Gasteiger partial charge in [-0.05, 0) is 86.4 Å². The zero-order chi connectivity index (χ0) is 47.9. The minimum atomic E-state index is -1.82. The number of hydrogen-bond donors (Lipinski definition) is 11. The number of fused-ring (bicyclic) bond motifs is 4. The van der Waals surface area contributed by atoms with E-state index >= 15 is 0 Å². The molecule has 2 bridgehead atoms. The van der Waals surface area contributed by atoms with Gasteiger partial charge in [0.25, 0.3) is 0 Å². The number of ether oxygens (including phenoxy) is 7. The molecular weight excluding hydrogens is 865 g/mol. The lowest BCUT2D eigenvalue weighted by Gasteiger charge is -2.73. The van der Waals surface area contributed by atoms with Gasteiger partial charge in [0, 0.05) is 22.2 Å². The molecule has 0 amide bonds. The summed E-state index contributed by atoms with van der Waals surface area (Å²) in [6.45, 7) is 14.3. The van der Waals surface area contributed by atoms with Crippen molar-refractivity contribution >= 4 is 0 Å². The monoisotopic (exact) mass is 943 g/mol. The summed E-state index contributed by atoms with van der Waals surface area (Å²) < 4.78 is 42.5. The molecule has 1 spiro atoms. The average Bonchev–Trinajstić information content (AvgIpc) is 3.55. The molecule has 8 fully saturated rings. The van der Waals surface area contributed by atoms with Gasteiger partial charge in [0.2, 0.25) is 0 Å². The second kappa shape index (κ2) is 17.1. The Balaban J connectivity index is 0.888. The van der Waals surface area contributed by atoms with Gasteiger partial charge in [0.15, 0.2) is 18.9 Å². The first-order valence-electron chi connectivity index (χ1n) is 24.5. The third kappa shape index (κ3) is 7.08. The van der Waals surface area contributed by atoms with E-state index in [9.17, 15) is 56.2 Å². The van der Waals surface area contributed by atoms with Gasteiger partial charge >= 0.3 is 0 Å². The summed E-state index contributed by atoms with van der Waals surface area (Å²) in [7, 11) is 0. The largest absolute Gasteiger partial charge is 0.396 e. The molecule has 4 aliphatic heterocycles. The predicted octanol–water partition coefficient (Wildman–Crippen LogP) is -0.399. The third-order valence-electron chi connectivity index (χ3n) is 20.0. The maximum absolute atomic E-state index is 12.2.